The number of rotatable bonds is 2. The van der Waals surface area contributed by atoms with E-state index in [4.69, 9.17) is 5.11 Å². The van der Waals surface area contributed by atoms with Crippen molar-refractivity contribution < 1.29 is 19.5 Å². The third kappa shape index (κ3) is 2.34. The molecule has 0 radical (unpaired) electrons. The first-order valence-corrected chi connectivity index (χ1v) is 5.86. The summed E-state index contributed by atoms with van der Waals surface area (Å²) in [5, 5.41) is 12.7. The number of carboxylic acid groups (broad SMARTS) is 1. The predicted molar refractivity (Wildman–Crippen MR) is 61.7 cm³/mol. The molecule has 18 heavy (non-hydrogen) atoms. The Bertz CT molecular complexity index is 432. The van der Waals surface area contributed by atoms with E-state index < -0.39 is 11.9 Å². The van der Waals surface area contributed by atoms with Crippen molar-refractivity contribution >= 4 is 23.5 Å². The Morgan fingerprint density at radius 2 is 2.11 bits per heavy atom. The van der Waals surface area contributed by atoms with Gasteiger partial charge in [-0.3, -0.25) is 14.4 Å². The SMILES string of the molecule is CC1CN(C(=O)C2=NNC(=O)CC2)CC1C(=O)O. The monoisotopic (exact) mass is 253 g/mol. The van der Waals surface area contributed by atoms with E-state index >= 15 is 0 Å². The normalized spacial score (nSPS) is 27.7. The van der Waals surface area contributed by atoms with E-state index in [1.54, 1.807) is 0 Å². The van der Waals surface area contributed by atoms with Crippen molar-refractivity contribution in [1.82, 2.24) is 10.3 Å². The minimum atomic E-state index is -0.878. The number of hydrogen-bond donors (Lipinski definition) is 2. The standard InChI is InChI=1S/C11H15N3O4/c1-6-4-14(5-7(6)11(17)18)10(16)8-2-3-9(15)13-12-8/h6-7H,2-5H2,1H3,(H,13,15)(H,17,18). The molecule has 0 bridgehead atoms. The first kappa shape index (κ1) is 12.5. The summed E-state index contributed by atoms with van der Waals surface area (Å²) in [4.78, 5) is 35.5. The van der Waals surface area contributed by atoms with E-state index in [0.29, 0.717) is 18.7 Å². The maximum atomic E-state index is 12.1. The van der Waals surface area contributed by atoms with Crippen LogP contribution >= 0.6 is 0 Å². The molecule has 0 aliphatic carbocycles. The Labute approximate surface area is 104 Å². The van der Waals surface area contributed by atoms with Gasteiger partial charge in [0.15, 0.2) is 0 Å². The van der Waals surface area contributed by atoms with E-state index in [0.717, 1.165) is 0 Å². The van der Waals surface area contributed by atoms with E-state index in [1.807, 2.05) is 6.92 Å². The Morgan fingerprint density at radius 3 is 2.61 bits per heavy atom. The maximum Gasteiger partial charge on any atom is 0.308 e. The summed E-state index contributed by atoms with van der Waals surface area (Å²) in [7, 11) is 0. The number of aliphatic carboxylic acids is 1. The zero-order valence-electron chi connectivity index (χ0n) is 10.0. The highest BCUT2D eigenvalue weighted by atomic mass is 16.4. The molecule has 2 aliphatic heterocycles. The second kappa shape index (κ2) is 4.75. The van der Waals surface area contributed by atoms with E-state index in [1.165, 1.54) is 4.90 Å². The van der Waals surface area contributed by atoms with Gasteiger partial charge in [0.25, 0.3) is 5.91 Å². The molecule has 2 atom stereocenters. The fourth-order valence-corrected chi connectivity index (χ4v) is 2.26. The summed E-state index contributed by atoms with van der Waals surface area (Å²) in [5.74, 6) is -1.94. The van der Waals surface area contributed by atoms with Gasteiger partial charge in [0.05, 0.1) is 5.92 Å². The molecular weight excluding hydrogens is 238 g/mol. The van der Waals surface area contributed by atoms with E-state index in [-0.39, 0.29) is 30.7 Å². The first-order valence-electron chi connectivity index (χ1n) is 5.86. The second-order valence-corrected chi connectivity index (χ2v) is 4.73. The lowest BCUT2D eigenvalue weighted by molar-refractivity contribution is -0.142. The molecular formula is C11H15N3O4. The van der Waals surface area contributed by atoms with Crippen LogP contribution in [0.5, 0.6) is 0 Å². The van der Waals surface area contributed by atoms with Gasteiger partial charge in [-0.2, -0.15) is 5.10 Å². The molecule has 7 nitrogen and oxygen atoms in total. The second-order valence-electron chi connectivity index (χ2n) is 4.73. The lowest BCUT2D eigenvalue weighted by Crippen LogP contribution is -2.39. The Morgan fingerprint density at radius 1 is 1.39 bits per heavy atom. The van der Waals surface area contributed by atoms with Crippen LogP contribution in [0.15, 0.2) is 5.10 Å². The zero-order chi connectivity index (χ0) is 13.3. The molecule has 1 saturated heterocycles. The van der Waals surface area contributed by atoms with Crippen molar-refractivity contribution in [1.29, 1.82) is 0 Å². The first-order chi connectivity index (χ1) is 8.49. The van der Waals surface area contributed by atoms with Gasteiger partial charge in [0.1, 0.15) is 5.71 Å². The fraction of sp³-hybridized carbons (Fsp3) is 0.636. The number of nitrogens with zero attached hydrogens (tertiary/aromatic N) is 2. The predicted octanol–water partition coefficient (Wildman–Crippen LogP) is -0.568. The third-order valence-electron chi connectivity index (χ3n) is 3.37. The van der Waals surface area contributed by atoms with Gasteiger partial charge in [-0.1, -0.05) is 6.92 Å². The van der Waals surface area contributed by atoms with Gasteiger partial charge in [-0.15, -0.1) is 0 Å². The minimum absolute atomic E-state index is 0.0646. The van der Waals surface area contributed by atoms with Crippen LogP contribution in [-0.4, -0.2) is 46.6 Å². The highest BCUT2D eigenvalue weighted by Gasteiger charge is 2.38. The largest absolute Gasteiger partial charge is 0.481 e. The molecule has 0 spiro atoms. The number of amides is 2. The van der Waals surface area contributed by atoms with Crippen LogP contribution in [0.2, 0.25) is 0 Å². The molecule has 2 heterocycles. The number of hydrazone groups is 1. The highest BCUT2D eigenvalue weighted by molar-refractivity contribution is 6.39. The fourth-order valence-electron chi connectivity index (χ4n) is 2.26. The van der Waals surface area contributed by atoms with Crippen molar-refractivity contribution in [2.75, 3.05) is 13.1 Å². The highest BCUT2D eigenvalue weighted by Crippen LogP contribution is 2.23. The molecule has 2 aliphatic rings. The molecule has 2 unspecified atom stereocenters. The van der Waals surface area contributed by atoms with Gasteiger partial charge in [-0.05, 0) is 5.92 Å². The molecule has 0 aromatic carbocycles. The lowest BCUT2D eigenvalue weighted by atomic mass is 9.99. The van der Waals surface area contributed by atoms with Crippen LogP contribution in [0.4, 0.5) is 0 Å². The number of carbonyl (C=O) groups excluding carboxylic acids is 2. The molecule has 2 rings (SSSR count). The van der Waals surface area contributed by atoms with Crippen molar-refractivity contribution in [3.05, 3.63) is 0 Å². The number of carbonyl (C=O) groups is 3. The minimum Gasteiger partial charge on any atom is -0.481 e. The lowest BCUT2D eigenvalue weighted by Gasteiger charge is -2.19. The van der Waals surface area contributed by atoms with Gasteiger partial charge in [0.2, 0.25) is 5.91 Å². The molecule has 2 amide bonds. The summed E-state index contributed by atoms with van der Waals surface area (Å²) in [6, 6.07) is 0. The van der Waals surface area contributed by atoms with Crippen molar-refractivity contribution in [2.24, 2.45) is 16.9 Å². The van der Waals surface area contributed by atoms with Crippen molar-refractivity contribution in [2.45, 2.75) is 19.8 Å². The van der Waals surface area contributed by atoms with E-state index in [9.17, 15) is 14.4 Å². The maximum absolute atomic E-state index is 12.1. The van der Waals surface area contributed by atoms with Gasteiger partial charge in [-0.25, -0.2) is 5.43 Å². The molecule has 0 saturated carbocycles. The summed E-state index contributed by atoms with van der Waals surface area (Å²) in [5.41, 5.74) is 2.57. The van der Waals surface area contributed by atoms with Crippen LogP contribution < -0.4 is 5.43 Å². The van der Waals surface area contributed by atoms with Crippen molar-refractivity contribution in [3.8, 4) is 0 Å². The summed E-state index contributed by atoms with van der Waals surface area (Å²) in [6.07, 6.45) is 0.559. The van der Waals surface area contributed by atoms with Gasteiger partial charge in [0, 0.05) is 25.9 Å². The quantitative estimate of drug-likeness (QED) is 0.688. The van der Waals surface area contributed by atoms with Crippen LogP contribution in [0.25, 0.3) is 0 Å². The van der Waals surface area contributed by atoms with Gasteiger partial charge >= 0.3 is 5.97 Å². The molecule has 98 valence electrons. The average Bonchev–Trinajstić information content (AvgIpc) is 2.71. The summed E-state index contributed by atoms with van der Waals surface area (Å²) < 4.78 is 0. The number of likely N-dealkylation sites (tertiary alicyclic amines) is 1. The van der Waals surface area contributed by atoms with Crippen molar-refractivity contribution in [3.63, 3.8) is 0 Å². The summed E-state index contributed by atoms with van der Waals surface area (Å²) >= 11 is 0. The van der Waals surface area contributed by atoms with Crippen LogP contribution in [0.3, 0.4) is 0 Å². The smallest absolute Gasteiger partial charge is 0.308 e. The number of hydrogen-bond acceptors (Lipinski definition) is 4. The Balaban J connectivity index is 2.03. The summed E-state index contributed by atoms with van der Waals surface area (Å²) in [6.45, 7) is 2.45. The topological polar surface area (TPSA) is 99.1 Å². The van der Waals surface area contributed by atoms with Gasteiger partial charge < -0.3 is 10.0 Å². The molecule has 0 aromatic rings. The molecule has 0 aromatic heterocycles. The molecule has 2 N–H and O–H groups in total. The zero-order valence-corrected chi connectivity index (χ0v) is 10.0. The number of carboxylic acids is 1. The number of nitrogens with one attached hydrogen (secondary N) is 1. The Kier molecular flexibility index (Phi) is 3.31. The Hall–Kier alpha value is -1.92. The van der Waals surface area contributed by atoms with Crippen LogP contribution in [0.1, 0.15) is 19.8 Å². The molecule has 1 fully saturated rings. The average molecular weight is 253 g/mol. The molecule has 7 heteroatoms. The third-order valence-corrected chi connectivity index (χ3v) is 3.37. The van der Waals surface area contributed by atoms with Crippen LogP contribution in [-0.2, 0) is 14.4 Å². The van der Waals surface area contributed by atoms with Crippen LogP contribution in [0, 0.1) is 11.8 Å². The van der Waals surface area contributed by atoms with E-state index in [2.05, 4.69) is 10.5 Å².